The number of carbonyl (C=O) groups is 2. The largest absolute Gasteiger partial charge is 0.480 e. The van der Waals surface area contributed by atoms with E-state index in [0.29, 0.717) is 0 Å². The summed E-state index contributed by atoms with van der Waals surface area (Å²) >= 11 is 0. The van der Waals surface area contributed by atoms with E-state index < -0.39 is 24.0 Å². The Kier molecular flexibility index (Phi) is 17.6. The van der Waals surface area contributed by atoms with Crippen molar-refractivity contribution in [2.24, 2.45) is 11.5 Å². The number of carboxylic acids is 2. The summed E-state index contributed by atoms with van der Waals surface area (Å²) in [6.07, 6.45) is 0. The first-order chi connectivity index (χ1) is 6.45. The first-order valence-electron chi connectivity index (χ1n) is 3.66. The van der Waals surface area contributed by atoms with Crippen molar-refractivity contribution >= 4 is 81.3 Å². The van der Waals surface area contributed by atoms with Gasteiger partial charge in [0.25, 0.3) is 0 Å². The van der Waals surface area contributed by atoms with Crippen LogP contribution in [0.15, 0.2) is 0 Å². The quantitative estimate of drug-likeness (QED) is 0.197. The molecule has 0 amide bonds. The molecule has 0 heterocycles. The van der Waals surface area contributed by atoms with Crippen LogP contribution in [-0.2, 0) is 9.59 Å². The van der Waals surface area contributed by atoms with Crippen LogP contribution in [0.4, 0.5) is 0 Å². The minimum Gasteiger partial charge on any atom is -0.480 e. The molecule has 10 heteroatoms. The molecule has 0 saturated heterocycles. The summed E-state index contributed by atoms with van der Waals surface area (Å²) in [5.41, 5.74) is 10.4. The summed E-state index contributed by atoms with van der Waals surface area (Å²) in [5, 5.41) is 16.8. The van der Waals surface area contributed by atoms with Crippen LogP contribution in [0.3, 0.4) is 0 Å². The summed E-state index contributed by atoms with van der Waals surface area (Å²) in [7, 11) is 2.41. The molecule has 0 bridgehead atoms. The van der Waals surface area contributed by atoms with Gasteiger partial charge in [0.1, 0.15) is 12.1 Å². The van der Waals surface area contributed by atoms with Crippen LogP contribution in [-0.4, -0.2) is 93.6 Å². The van der Waals surface area contributed by atoms with E-state index in [2.05, 4.69) is 0 Å². The first kappa shape index (κ1) is 22.3. The summed E-state index contributed by atoms with van der Waals surface area (Å²) in [6.45, 7) is 0. The third-order valence-electron chi connectivity index (χ3n) is 1.21. The Balaban J connectivity index is -0.000000845. The Hall–Kier alpha value is 1.16. The molecule has 0 spiro atoms. The van der Waals surface area contributed by atoms with Crippen LogP contribution in [0.1, 0.15) is 0 Å². The summed E-state index contributed by atoms with van der Waals surface area (Å²) in [6, 6.07) is -1.85. The molecule has 8 radical (unpaired) electrons. The van der Waals surface area contributed by atoms with Gasteiger partial charge < -0.3 is 21.7 Å². The molecule has 2 atom stereocenters. The van der Waals surface area contributed by atoms with Gasteiger partial charge in [-0.25, -0.2) is 0 Å². The van der Waals surface area contributed by atoms with Gasteiger partial charge in [0.15, 0.2) is 0 Å². The van der Waals surface area contributed by atoms with Gasteiger partial charge in [0.2, 0.25) is 0 Å². The number of hydrogen-bond acceptors (Lipinski definition) is 6. The Morgan fingerprint density at radius 3 is 1.38 bits per heavy atom. The minimum atomic E-state index is -1.07. The van der Waals surface area contributed by atoms with Gasteiger partial charge in [0, 0.05) is 59.3 Å². The number of hydrogen-bond donors (Lipinski definition) is 4. The molecule has 0 aliphatic carbocycles. The number of nitrogens with two attached hydrogens (primary N) is 2. The maximum atomic E-state index is 10.3. The second kappa shape index (κ2) is 12.6. The van der Waals surface area contributed by atoms with Gasteiger partial charge in [-0.3, -0.25) is 9.59 Å². The summed E-state index contributed by atoms with van der Waals surface area (Å²) < 4.78 is 0. The van der Waals surface area contributed by atoms with E-state index in [1.807, 2.05) is 0 Å². The van der Waals surface area contributed by atoms with Crippen molar-refractivity contribution < 1.29 is 19.8 Å². The van der Waals surface area contributed by atoms with E-state index in [4.69, 9.17) is 21.7 Å². The third kappa shape index (κ3) is 11.6. The molecule has 0 fully saturated rings. The molecule has 0 saturated carbocycles. The zero-order chi connectivity index (χ0) is 11.1. The fraction of sp³-hybridized carbons (Fsp3) is 0.667. The third-order valence-corrected chi connectivity index (χ3v) is 3.69. The standard InChI is InChI=1S/C6H12N2O4S2.2Sn/c7-3(5(9)10)1-13-14-2-4(8)6(11)12;;/h3-4H,1-2,7-8H2,(H,9,10)(H,11,12);;/t3-,4-;;/m1../s1. The number of aliphatic carboxylic acids is 2. The molecular weight excluding hydrogens is 466 g/mol. The molecule has 0 aliphatic rings. The van der Waals surface area contributed by atoms with Crippen molar-refractivity contribution in [3.8, 4) is 0 Å². The SMILES string of the molecule is N[C@H](CSSC[C@@H](N)C(=O)O)C(=O)O.[Sn].[Sn]. The summed E-state index contributed by atoms with van der Waals surface area (Å²) in [5.74, 6) is -1.68. The summed E-state index contributed by atoms with van der Waals surface area (Å²) in [4.78, 5) is 20.5. The van der Waals surface area contributed by atoms with Gasteiger partial charge >= 0.3 is 11.9 Å². The first-order valence-corrected chi connectivity index (χ1v) is 6.15. The van der Waals surface area contributed by atoms with Crippen LogP contribution < -0.4 is 11.5 Å². The predicted molar refractivity (Wildman–Crippen MR) is 67.6 cm³/mol. The predicted octanol–water partition coefficient (Wildman–Crippen LogP) is -1.57. The Labute approximate surface area is 135 Å². The van der Waals surface area contributed by atoms with E-state index in [9.17, 15) is 9.59 Å². The van der Waals surface area contributed by atoms with Crippen LogP contribution in [0, 0.1) is 0 Å². The van der Waals surface area contributed by atoms with E-state index in [-0.39, 0.29) is 59.3 Å². The van der Waals surface area contributed by atoms with Crippen LogP contribution >= 0.6 is 21.6 Å². The molecule has 0 aromatic heterocycles. The molecule has 0 rings (SSSR count). The normalized spacial score (nSPS) is 12.9. The molecule has 0 aromatic rings. The van der Waals surface area contributed by atoms with E-state index in [1.165, 1.54) is 21.6 Å². The van der Waals surface area contributed by atoms with Crippen LogP contribution in [0.25, 0.3) is 0 Å². The van der Waals surface area contributed by atoms with Crippen molar-refractivity contribution in [1.29, 1.82) is 0 Å². The second-order valence-electron chi connectivity index (χ2n) is 2.46. The smallest absolute Gasteiger partial charge is 0.321 e. The van der Waals surface area contributed by atoms with Crippen molar-refractivity contribution in [2.45, 2.75) is 12.1 Å². The monoisotopic (exact) mass is 480 g/mol. The fourth-order valence-electron chi connectivity index (χ4n) is 0.385. The van der Waals surface area contributed by atoms with E-state index in [1.54, 1.807) is 0 Å². The average molecular weight is 478 g/mol. The van der Waals surface area contributed by atoms with Gasteiger partial charge in [0.05, 0.1) is 0 Å². The topological polar surface area (TPSA) is 127 Å². The fourth-order valence-corrected chi connectivity index (χ4v) is 2.61. The van der Waals surface area contributed by atoms with Crippen LogP contribution in [0.5, 0.6) is 0 Å². The van der Waals surface area contributed by atoms with Gasteiger partial charge in [-0.05, 0) is 0 Å². The molecule has 0 aromatic carbocycles. The van der Waals surface area contributed by atoms with Crippen molar-refractivity contribution in [2.75, 3.05) is 11.5 Å². The molecular formula is C6H12N2O4S2Sn2. The maximum absolute atomic E-state index is 10.3. The maximum Gasteiger partial charge on any atom is 0.321 e. The molecule has 6 nitrogen and oxygen atoms in total. The number of carboxylic acid groups (broad SMARTS) is 2. The van der Waals surface area contributed by atoms with E-state index >= 15 is 0 Å². The second-order valence-corrected chi connectivity index (χ2v) is 5.01. The van der Waals surface area contributed by atoms with Gasteiger partial charge in [-0.2, -0.15) is 0 Å². The molecule has 0 aliphatic heterocycles. The molecule has 90 valence electrons. The van der Waals surface area contributed by atoms with E-state index in [0.717, 1.165) is 0 Å². The van der Waals surface area contributed by atoms with Crippen molar-refractivity contribution in [3.63, 3.8) is 0 Å². The molecule has 0 unspecified atom stereocenters. The van der Waals surface area contributed by atoms with Crippen molar-refractivity contribution in [3.05, 3.63) is 0 Å². The number of rotatable bonds is 7. The Morgan fingerprint density at radius 2 is 1.19 bits per heavy atom. The van der Waals surface area contributed by atoms with Crippen molar-refractivity contribution in [1.82, 2.24) is 0 Å². The molecule has 6 N–H and O–H groups in total. The van der Waals surface area contributed by atoms with Gasteiger partial charge in [-0.15, -0.1) is 0 Å². The zero-order valence-electron chi connectivity index (χ0n) is 8.25. The van der Waals surface area contributed by atoms with Crippen LogP contribution in [0.2, 0.25) is 0 Å². The Morgan fingerprint density at radius 1 is 0.938 bits per heavy atom. The Bertz CT molecular complexity index is 201. The zero-order valence-corrected chi connectivity index (χ0v) is 15.6. The minimum absolute atomic E-state index is 0. The molecule has 16 heavy (non-hydrogen) atoms. The average Bonchev–Trinajstić information content (AvgIpc) is 2.11. The van der Waals surface area contributed by atoms with Gasteiger partial charge in [-0.1, -0.05) is 21.6 Å².